The standard InChI is InChI=1S/C33H55N3O5/c1-7-9-10-11-12-16-23-36(31(39)28(24(3)8-2)35-32(40)41-33(4,5)6)29(25-19-21-27(37)22-20-25)30(38)34-26-17-14-13-15-18-26/h19-22,24,26,28-29,37H,7-18,23H2,1-6H3,(H,34,38)(H,35,40). The summed E-state index contributed by atoms with van der Waals surface area (Å²) < 4.78 is 5.51. The third-order valence-corrected chi connectivity index (χ3v) is 7.91. The smallest absolute Gasteiger partial charge is 0.408 e. The molecule has 8 heteroatoms. The first-order valence-electron chi connectivity index (χ1n) is 15.9. The van der Waals surface area contributed by atoms with Gasteiger partial charge in [0, 0.05) is 12.6 Å². The van der Waals surface area contributed by atoms with Crippen molar-refractivity contribution in [2.75, 3.05) is 6.54 Å². The number of phenols is 1. The molecule has 8 nitrogen and oxygen atoms in total. The number of nitrogens with one attached hydrogen (secondary N) is 2. The molecule has 41 heavy (non-hydrogen) atoms. The molecule has 232 valence electrons. The van der Waals surface area contributed by atoms with Crippen molar-refractivity contribution >= 4 is 17.9 Å². The van der Waals surface area contributed by atoms with E-state index in [2.05, 4.69) is 17.6 Å². The minimum atomic E-state index is -0.882. The molecule has 1 aliphatic carbocycles. The number of amides is 3. The summed E-state index contributed by atoms with van der Waals surface area (Å²) >= 11 is 0. The number of rotatable bonds is 15. The Bertz CT molecular complexity index is 937. The number of hydrogen-bond donors (Lipinski definition) is 3. The molecule has 2 rings (SSSR count). The van der Waals surface area contributed by atoms with Crippen LogP contribution in [-0.2, 0) is 14.3 Å². The monoisotopic (exact) mass is 573 g/mol. The van der Waals surface area contributed by atoms with Gasteiger partial charge < -0.3 is 25.4 Å². The van der Waals surface area contributed by atoms with Crippen LogP contribution in [0.4, 0.5) is 4.79 Å². The van der Waals surface area contributed by atoms with Crippen molar-refractivity contribution in [1.82, 2.24) is 15.5 Å². The van der Waals surface area contributed by atoms with E-state index in [1.54, 1.807) is 49.9 Å². The van der Waals surface area contributed by atoms with Crippen LogP contribution in [0.5, 0.6) is 5.75 Å². The third kappa shape index (κ3) is 11.9. The third-order valence-electron chi connectivity index (χ3n) is 7.91. The van der Waals surface area contributed by atoms with Gasteiger partial charge in [0.05, 0.1) is 0 Å². The zero-order valence-electron chi connectivity index (χ0n) is 26.3. The van der Waals surface area contributed by atoms with E-state index in [1.165, 1.54) is 12.8 Å². The largest absolute Gasteiger partial charge is 0.508 e. The van der Waals surface area contributed by atoms with Crippen molar-refractivity contribution in [1.29, 1.82) is 0 Å². The predicted molar refractivity (Wildman–Crippen MR) is 164 cm³/mol. The summed E-state index contributed by atoms with van der Waals surface area (Å²) in [7, 11) is 0. The molecule has 0 heterocycles. The number of aromatic hydroxyl groups is 1. The Kier molecular flexibility index (Phi) is 14.5. The van der Waals surface area contributed by atoms with Gasteiger partial charge in [-0.3, -0.25) is 9.59 Å². The summed E-state index contributed by atoms with van der Waals surface area (Å²) in [5, 5.41) is 16.0. The van der Waals surface area contributed by atoms with E-state index < -0.39 is 23.8 Å². The predicted octanol–water partition coefficient (Wildman–Crippen LogP) is 7.01. The molecule has 0 spiro atoms. The lowest BCUT2D eigenvalue weighted by Gasteiger charge is -2.37. The van der Waals surface area contributed by atoms with Crippen LogP contribution >= 0.6 is 0 Å². The lowest BCUT2D eigenvalue weighted by Crippen LogP contribution is -2.56. The molecule has 0 bridgehead atoms. The normalized spacial score (nSPS) is 16.3. The van der Waals surface area contributed by atoms with Gasteiger partial charge in [0.25, 0.3) is 0 Å². The first-order valence-corrected chi connectivity index (χ1v) is 15.9. The summed E-state index contributed by atoms with van der Waals surface area (Å²) in [6, 6.07) is 4.86. The SMILES string of the molecule is CCCCCCCCN(C(=O)C(NC(=O)OC(C)(C)C)C(C)CC)C(C(=O)NC1CCCCC1)c1ccc(O)cc1. The van der Waals surface area contributed by atoms with Crippen molar-refractivity contribution in [2.24, 2.45) is 5.92 Å². The van der Waals surface area contributed by atoms with Gasteiger partial charge in [0.1, 0.15) is 23.4 Å². The molecule has 0 saturated heterocycles. The van der Waals surface area contributed by atoms with Gasteiger partial charge in [0.2, 0.25) is 11.8 Å². The van der Waals surface area contributed by atoms with Gasteiger partial charge in [-0.15, -0.1) is 0 Å². The van der Waals surface area contributed by atoms with E-state index in [-0.39, 0.29) is 29.5 Å². The maximum atomic E-state index is 14.4. The fraction of sp³-hybridized carbons (Fsp3) is 0.727. The molecule has 1 aromatic rings. The van der Waals surface area contributed by atoms with E-state index in [9.17, 15) is 19.5 Å². The second-order valence-electron chi connectivity index (χ2n) is 12.6. The lowest BCUT2D eigenvalue weighted by atomic mass is 9.93. The zero-order chi connectivity index (χ0) is 30.4. The van der Waals surface area contributed by atoms with Gasteiger partial charge in [-0.2, -0.15) is 0 Å². The zero-order valence-corrected chi connectivity index (χ0v) is 26.3. The highest BCUT2D eigenvalue weighted by Gasteiger charge is 2.38. The number of hydrogen-bond acceptors (Lipinski definition) is 5. The molecular weight excluding hydrogens is 518 g/mol. The second-order valence-corrected chi connectivity index (χ2v) is 12.6. The topological polar surface area (TPSA) is 108 Å². The van der Waals surface area contributed by atoms with Crippen LogP contribution in [0.15, 0.2) is 24.3 Å². The Morgan fingerprint density at radius 1 is 0.976 bits per heavy atom. The first-order chi connectivity index (χ1) is 19.5. The van der Waals surface area contributed by atoms with Gasteiger partial charge in [-0.1, -0.05) is 90.7 Å². The number of ether oxygens (including phenoxy) is 1. The van der Waals surface area contributed by atoms with Gasteiger partial charge in [-0.25, -0.2) is 4.79 Å². The van der Waals surface area contributed by atoms with Crippen molar-refractivity contribution < 1.29 is 24.2 Å². The molecule has 0 radical (unpaired) electrons. The maximum absolute atomic E-state index is 14.4. The molecule has 1 saturated carbocycles. The number of carbonyl (C=O) groups excluding carboxylic acids is 3. The van der Waals surface area contributed by atoms with Crippen molar-refractivity contribution in [2.45, 2.75) is 142 Å². The Morgan fingerprint density at radius 3 is 2.17 bits per heavy atom. The average molecular weight is 574 g/mol. The summed E-state index contributed by atoms with van der Waals surface area (Å²) in [4.78, 5) is 42.9. The van der Waals surface area contributed by atoms with Crippen LogP contribution in [0.1, 0.15) is 130 Å². The van der Waals surface area contributed by atoms with Crippen molar-refractivity contribution in [3.05, 3.63) is 29.8 Å². The molecule has 3 atom stereocenters. The number of carbonyl (C=O) groups is 3. The highest BCUT2D eigenvalue weighted by Crippen LogP contribution is 2.28. The number of alkyl carbamates (subject to hydrolysis) is 1. The first kappa shape index (κ1) is 34.4. The molecule has 0 aliphatic heterocycles. The summed E-state index contributed by atoms with van der Waals surface area (Å²) in [5.74, 6) is -0.597. The maximum Gasteiger partial charge on any atom is 0.408 e. The van der Waals surface area contributed by atoms with Gasteiger partial charge in [-0.05, 0) is 63.6 Å². The molecule has 3 amide bonds. The molecule has 3 N–H and O–H groups in total. The van der Waals surface area contributed by atoms with Crippen LogP contribution in [0, 0.1) is 5.92 Å². The summed E-state index contributed by atoms with van der Waals surface area (Å²) in [6.45, 7) is 11.8. The molecule has 1 aliphatic rings. The molecular formula is C33H55N3O5. The minimum absolute atomic E-state index is 0.0760. The summed E-state index contributed by atoms with van der Waals surface area (Å²) in [5.41, 5.74) is -0.0737. The Labute approximate surface area is 248 Å². The minimum Gasteiger partial charge on any atom is -0.508 e. The van der Waals surface area contributed by atoms with Crippen LogP contribution in [0.25, 0.3) is 0 Å². The number of phenolic OH excluding ortho intramolecular Hbond substituents is 1. The van der Waals surface area contributed by atoms with Crippen molar-refractivity contribution in [3.63, 3.8) is 0 Å². The Balaban J connectivity index is 2.44. The number of unbranched alkanes of at least 4 members (excludes halogenated alkanes) is 5. The molecule has 1 fully saturated rings. The van der Waals surface area contributed by atoms with E-state index in [0.717, 1.165) is 57.8 Å². The average Bonchev–Trinajstić information content (AvgIpc) is 2.92. The quantitative estimate of drug-likeness (QED) is 0.196. The van der Waals surface area contributed by atoms with Gasteiger partial charge in [0.15, 0.2) is 0 Å². The molecule has 0 aromatic heterocycles. The summed E-state index contributed by atoms with van der Waals surface area (Å²) in [6.07, 6.45) is 11.4. The van der Waals surface area contributed by atoms with Crippen LogP contribution in [0.2, 0.25) is 0 Å². The highest BCUT2D eigenvalue weighted by atomic mass is 16.6. The Morgan fingerprint density at radius 2 is 1.59 bits per heavy atom. The van der Waals surface area contributed by atoms with Crippen molar-refractivity contribution in [3.8, 4) is 5.75 Å². The Hall–Kier alpha value is -2.77. The fourth-order valence-corrected chi connectivity index (χ4v) is 5.38. The van der Waals surface area contributed by atoms with Crippen LogP contribution in [-0.4, -0.2) is 52.1 Å². The van der Waals surface area contributed by atoms with E-state index in [0.29, 0.717) is 18.5 Å². The van der Waals surface area contributed by atoms with E-state index in [1.807, 2.05) is 13.8 Å². The van der Waals surface area contributed by atoms with Crippen LogP contribution < -0.4 is 10.6 Å². The number of nitrogens with zero attached hydrogens (tertiary/aromatic N) is 1. The molecule has 3 unspecified atom stereocenters. The number of benzene rings is 1. The fourth-order valence-electron chi connectivity index (χ4n) is 5.38. The van der Waals surface area contributed by atoms with E-state index in [4.69, 9.17) is 4.74 Å². The lowest BCUT2D eigenvalue weighted by molar-refractivity contribution is -0.144. The second kappa shape index (κ2) is 17.2. The molecule has 1 aromatic carbocycles. The van der Waals surface area contributed by atoms with Gasteiger partial charge >= 0.3 is 6.09 Å². The van der Waals surface area contributed by atoms with Crippen LogP contribution in [0.3, 0.4) is 0 Å². The van der Waals surface area contributed by atoms with E-state index >= 15 is 0 Å². The highest BCUT2D eigenvalue weighted by molar-refractivity contribution is 5.92.